The summed E-state index contributed by atoms with van der Waals surface area (Å²) in [6.45, 7) is 3.84. The Balaban J connectivity index is 2.25. The molecule has 1 aliphatic rings. The fraction of sp³-hybridized carbons (Fsp3) is 0.833. The first kappa shape index (κ1) is 14.8. The number of ether oxygens (including phenoxy) is 1. The molecule has 1 fully saturated rings. The van der Waals surface area contributed by atoms with Gasteiger partial charge in [0, 0.05) is 26.2 Å². The minimum Gasteiger partial charge on any atom is -0.481 e. The van der Waals surface area contributed by atoms with E-state index in [1.807, 2.05) is 6.92 Å². The molecule has 1 atom stereocenters. The molecule has 1 saturated heterocycles. The number of carboxylic acid groups (broad SMARTS) is 1. The highest BCUT2D eigenvalue weighted by Gasteiger charge is 2.17. The molecule has 0 aromatic rings. The van der Waals surface area contributed by atoms with Crippen LogP contribution in [-0.2, 0) is 9.53 Å². The van der Waals surface area contributed by atoms with Crippen LogP contribution in [0.15, 0.2) is 0 Å². The maximum atomic E-state index is 11.8. The van der Waals surface area contributed by atoms with Gasteiger partial charge in [0.15, 0.2) is 0 Å². The largest absolute Gasteiger partial charge is 0.481 e. The summed E-state index contributed by atoms with van der Waals surface area (Å²) >= 11 is 0. The number of amides is 2. The quantitative estimate of drug-likeness (QED) is 0.746. The first-order valence-corrected chi connectivity index (χ1v) is 6.49. The van der Waals surface area contributed by atoms with Crippen LogP contribution in [0.1, 0.15) is 32.6 Å². The van der Waals surface area contributed by atoms with E-state index in [-0.39, 0.29) is 25.1 Å². The van der Waals surface area contributed by atoms with Crippen molar-refractivity contribution >= 4 is 12.0 Å². The zero-order valence-electron chi connectivity index (χ0n) is 10.9. The molecule has 1 aliphatic heterocycles. The van der Waals surface area contributed by atoms with Crippen LogP contribution >= 0.6 is 0 Å². The van der Waals surface area contributed by atoms with Crippen molar-refractivity contribution < 1.29 is 19.4 Å². The van der Waals surface area contributed by atoms with E-state index in [9.17, 15) is 9.59 Å². The second kappa shape index (κ2) is 7.92. The third-order valence-electron chi connectivity index (χ3n) is 3.02. The number of hydrogen-bond donors (Lipinski definition) is 2. The van der Waals surface area contributed by atoms with Crippen LogP contribution in [0, 0.1) is 0 Å². The Labute approximate surface area is 107 Å². The van der Waals surface area contributed by atoms with Gasteiger partial charge in [-0.05, 0) is 26.2 Å². The number of urea groups is 1. The van der Waals surface area contributed by atoms with E-state index in [2.05, 4.69) is 5.32 Å². The zero-order valence-corrected chi connectivity index (χ0v) is 10.9. The first-order chi connectivity index (χ1) is 8.63. The fourth-order valence-electron chi connectivity index (χ4n) is 1.92. The molecule has 2 N–H and O–H groups in total. The standard InChI is InChI=1S/C12H22N2O4/c1-2-14(7-6-11(15)16)12(17)13-9-10-5-3-4-8-18-10/h10H,2-9H2,1H3,(H,13,17)(H,15,16). The van der Waals surface area contributed by atoms with Gasteiger partial charge in [-0.3, -0.25) is 4.79 Å². The van der Waals surface area contributed by atoms with Crippen molar-refractivity contribution in [3.05, 3.63) is 0 Å². The van der Waals surface area contributed by atoms with Crippen molar-refractivity contribution in [2.45, 2.75) is 38.7 Å². The SMILES string of the molecule is CCN(CCC(=O)O)C(=O)NCC1CCCCO1. The maximum Gasteiger partial charge on any atom is 0.317 e. The summed E-state index contributed by atoms with van der Waals surface area (Å²) in [7, 11) is 0. The lowest BCUT2D eigenvalue weighted by molar-refractivity contribution is -0.137. The number of nitrogens with one attached hydrogen (secondary N) is 1. The van der Waals surface area contributed by atoms with E-state index in [4.69, 9.17) is 9.84 Å². The molecule has 2 amide bonds. The van der Waals surface area contributed by atoms with Gasteiger partial charge in [0.05, 0.1) is 12.5 Å². The molecule has 18 heavy (non-hydrogen) atoms. The Kier molecular flexibility index (Phi) is 6.49. The van der Waals surface area contributed by atoms with Crippen molar-refractivity contribution in [2.75, 3.05) is 26.2 Å². The van der Waals surface area contributed by atoms with Gasteiger partial charge in [-0.15, -0.1) is 0 Å². The average molecular weight is 258 g/mol. The molecule has 0 bridgehead atoms. The molecule has 1 unspecified atom stereocenters. The van der Waals surface area contributed by atoms with Gasteiger partial charge in [-0.25, -0.2) is 4.79 Å². The van der Waals surface area contributed by atoms with Gasteiger partial charge in [-0.1, -0.05) is 0 Å². The predicted octanol–water partition coefficient (Wildman–Crippen LogP) is 1.06. The van der Waals surface area contributed by atoms with Crippen LogP contribution in [-0.4, -0.2) is 54.4 Å². The van der Waals surface area contributed by atoms with Crippen LogP contribution in [0.4, 0.5) is 4.79 Å². The van der Waals surface area contributed by atoms with Crippen LogP contribution in [0.25, 0.3) is 0 Å². The summed E-state index contributed by atoms with van der Waals surface area (Å²) in [6.07, 6.45) is 3.27. The summed E-state index contributed by atoms with van der Waals surface area (Å²) in [5.74, 6) is -0.892. The molecule has 1 heterocycles. The van der Waals surface area contributed by atoms with Gasteiger partial charge < -0.3 is 20.1 Å². The van der Waals surface area contributed by atoms with Gasteiger partial charge in [0.1, 0.15) is 0 Å². The van der Waals surface area contributed by atoms with Crippen molar-refractivity contribution in [2.24, 2.45) is 0 Å². The Hall–Kier alpha value is -1.30. The van der Waals surface area contributed by atoms with Crippen LogP contribution in [0.3, 0.4) is 0 Å². The van der Waals surface area contributed by atoms with Crippen molar-refractivity contribution in [1.82, 2.24) is 10.2 Å². The minimum absolute atomic E-state index is 0.0266. The lowest BCUT2D eigenvalue weighted by Crippen LogP contribution is -2.44. The van der Waals surface area contributed by atoms with E-state index in [0.29, 0.717) is 13.1 Å². The third kappa shape index (κ3) is 5.35. The van der Waals surface area contributed by atoms with Crippen molar-refractivity contribution in [3.63, 3.8) is 0 Å². The van der Waals surface area contributed by atoms with Gasteiger partial charge >= 0.3 is 12.0 Å². The van der Waals surface area contributed by atoms with Gasteiger partial charge in [0.2, 0.25) is 0 Å². The average Bonchev–Trinajstić information content (AvgIpc) is 2.38. The molecular weight excluding hydrogens is 236 g/mol. The van der Waals surface area contributed by atoms with Crippen molar-refractivity contribution in [1.29, 1.82) is 0 Å². The summed E-state index contributed by atoms with van der Waals surface area (Å²) in [5, 5.41) is 11.4. The van der Waals surface area contributed by atoms with E-state index in [0.717, 1.165) is 25.9 Å². The Morgan fingerprint density at radius 2 is 2.22 bits per heavy atom. The number of carboxylic acids is 1. The monoisotopic (exact) mass is 258 g/mol. The summed E-state index contributed by atoms with van der Waals surface area (Å²) < 4.78 is 5.51. The summed E-state index contributed by atoms with van der Waals surface area (Å²) in [6, 6.07) is -0.215. The van der Waals surface area contributed by atoms with Crippen molar-refractivity contribution in [3.8, 4) is 0 Å². The van der Waals surface area contributed by atoms with Crippen LogP contribution in [0.2, 0.25) is 0 Å². The number of rotatable bonds is 6. The highest BCUT2D eigenvalue weighted by molar-refractivity contribution is 5.75. The Morgan fingerprint density at radius 3 is 2.78 bits per heavy atom. The number of carbonyl (C=O) groups excluding carboxylic acids is 1. The summed E-state index contributed by atoms with van der Waals surface area (Å²) in [4.78, 5) is 23.8. The lowest BCUT2D eigenvalue weighted by atomic mass is 10.1. The number of nitrogens with zero attached hydrogens (tertiary/aromatic N) is 1. The normalized spacial score (nSPS) is 19.3. The van der Waals surface area contributed by atoms with Crippen LogP contribution < -0.4 is 5.32 Å². The number of carbonyl (C=O) groups is 2. The van der Waals surface area contributed by atoms with Gasteiger partial charge in [-0.2, -0.15) is 0 Å². The van der Waals surface area contributed by atoms with Crippen LogP contribution in [0.5, 0.6) is 0 Å². The van der Waals surface area contributed by atoms with E-state index in [1.54, 1.807) is 0 Å². The molecular formula is C12H22N2O4. The first-order valence-electron chi connectivity index (χ1n) is 6.49. The third-order valence-corrected chi connectivity index (χ3v) is 3.02. The summed E-state index contributed by atoms with van der Waals surface area (Å²) in [5.41, 5.74) is 0. The smallest absolute Gasteiger partial charge is 0.317 e. The molecule has 0 spiro atoms. The highest BCUT2D eigenvalue weighted by Crippen LogP contribution is 2.11. The number of hydrogen-bond acceptors (Lipinski definition) is 3. The Morgan fingerprint density at radius 1 is 1.44 bits per heavy atom. The molecule has 104 valence electrons. The minimum atomic E-state index is -0.892. The van der Waals surface area contributed by atoms with Gasteiger partial charge in [0.25, 0.3) is 0 Å². The van der Waals surface area contributed by atoms with E-state index < -0.39 is 5.97 Å². The highest BCUT2D eigenvalue weighted by atomic mass is 16.5. The lowest BCUT2D eigenvalue weighted by Gasteiger charge is -2.25. The molecule has 0 aliphatic carbocycles. The molecule has 1 rings (SSSR count). The predicted molar refractivity (Wildman–Crippen MR) is 66.5 cm³/mol. The van der Waals surface area contributed by atoms with E-state index in [1.165, 1.54) is 4.90 Å². The molecule has 0 aromatic heterocycles. The molecule has 0 aromatic carbocycles. The van der Waals surface area contributed by atoms with E-state index >= 15 is 0 Å². The molecule has 6 nitrogen and oxygen atoms in total. The number of aliphatic carboxylic acids is 1. The zero-order chi connectivity index (χ0) is 13.4. The Bertz CT molecular complexity index is 277. The second-order valence-electron chi connectivity index (χ2n) is 4.40. The fourth-order valence-corrected chi connectivity index (χ4v) is 1.92. The molecule has 6 heteroatoms. The second-order valence-corrected chi connectivity index (χ2v) is 4.40. The maximum absolute atomic E-state index is 11.8. The molecule has 0 radical (unpaired) electrons. The molecule has 0 saturated carbocycles. The topological polar surface area (TPSA) is 78.9 Å².